The molecule has 1 amide bonds. The van der Waals surface area contributed by atoms with Crippen molar-refractivity contribution in [3.05, 3.63) is 28.2 Å². The number of hydrogen-bond donors (Lipinski definition) is 0. The Morgan fingerprint density at radius 1 is 1.08 bits per heavy atom. The van der Waals surface area contributed by atoms with Gasteiger partial charge in [-0.3, -0.25) is 9.10 Å². The molecule has 0 fully saturated rings. The van der Waals surface area contributed by atoms with Crippen molar-refractivity contribution in [1.29, 1.82) is 0 Å². The van der Waals surface area contributed by atoms with E-state index in [9.17, 15) is 13.2 Å². The maximum Gasteiger partial charge on any atom is 0.232 e. The van der Waals surface area contributed by atoms with Crippen LogP contribution in [0.2, 0.25) is 10.0 Å². The molecular formula is C16H24Cl2N2O3S. The van der Waals surface area contributed by atoms with E-state index in [4.69, 9.17) is 23.2 Å². The fraction of sp³-hybridized carbons (Fsp3) is 0.562. The summed E-state index contributed by atoms with van der Waals surface area (Å²) in [5.41, 5.74) is 0.289. The lowest BCUT2D eigenvalue weighted by atomic mass is 10.2. The number of amides is 1. The Bertz CT molecular complexity index is 659. The fourth-order valence-electron chi connectivity index (χ4n) is 2.41. The van der Waals surface area contributed by atoms with Crippen molar-refractivity contribution >= 4 is 44.8 Å². The second kappa shape index (κ2) is 9.49. The molecule has 0 heterocycles. The van der Waals surface area contributed by atoms with Crippen molar-refractivity contribution in [2.45, 2.75) is 33.1 Å². The highest BCUT2D eigenvalue weighted by Gasteiger charge is 2.23. The van der Waals surface area contributed by atoms with Crippen LogP contribution in [0.15, 0.2) is 18.2 Å². The zero-order chi connectivity index (χ0) is 18.3. The third-order valence-corrected chi connectivity index (χ3v) is 5.46. The largest absolute Gasteiger partial charge is 0.343 e. The minimum absolute atomic E-state index is 0.0294. The van der Waals surface area contributed by atoms with Crippen LogP contribution in [0.4, 0.5) is 5.69 Å². The van der Waals surface area contributed by atoms with Crippen molar-refractivity contribution in [1.82, 2.24) is 4.90 Å². The van der Waals surface area contributed by atoms with E-state index in [-0.39, 0.29) is 34.6 Å². The van der Waals surface area contributed by atoms with Crippen LogP contribution >= 0.6 is 23.2 Å². The van der Waals surface area contributed by atoms with E-state index in [1.165, 1.54) is 0 Å². The number of sulfonamides is 1. The van der Waals surface area contributed by atoms with Gasteiger partial charge in [-0.1, -0.05) is 43.1 Å². The highest BCUT2D eigenvalue weighted by Crippen LogP contribution is 2.33. The van der Waals surface area contributed by atoms with Crippen LogP contribution in [-0.4, -0.2) is 45.1 Å². The molecule has 0 atom stereocenters. The molecule has 0 saturated carbocycles. The Hall–Kier alpha value is -0.980. The maximum atomic E-state index is 12.4. The lowest BCUT2D eigenvalue weighted by molar-refractivity contribution is -0.131. The summed E-state index contributed by atoms with van der Waals surface area (Å²) < 4.78 is 25.4. The first-order valence-electron chi connectivity index (χ1n) is 7.91. The summed E-state index contributed by atoms with van der Waals surface area (Å²) in [4.78, 5) is 14.1. The van der Waals surface area contributed by atoms with Crippen molar-refractivity contribution in [2.75, 3.05) is 30.2 Å². The summed E-state index contributed by atoms with van der Waals surface area (Å²) in [6.07, 6.45) is 2.91. The van der Waals surface area contributed by atoms with E-state index in [0.717, 1.165) is 23.4 Å². The van der Waals surface area contributed by atoms with Gasteiger partial charge in [0, 0.05) is 26.1 Å². The van der Waals surface area contributed by atoms with Gasteiger partial charge in [-0.15, -0.1) is 0 Å². The Labute approximate surface area is 154 Å². The quantitative estimate of drug-likeness (QED) is 0.639. The molecule has 24 heavy (non-hydrogen) atoms. The summed E-state index contributed by atoms with van der Waals surface area (Å²) in [7, 11) is -3.58. The molecule has 0 aliphatic carbocycles. The monoisotopic (exact) mass is 394 g/mol. The van der Waals surface area contributed by atoms with Crippen LogP contribution < -0.4 is 4.31 Å². The van der Waals surface area contributed by atoms with Gasteiger partial charge in [0.25, 0.3) is 0 Å². The highest BCUT2D eigenvalue weighted by atomic mass is 35.5. The second-order valence-corrected chi connectivity index (χ2v) is 8.23. The van der Waals surface area contributed by atoms with E-state index in [1.807, 2.05) is 13.8 Å². The van der Waals surface area contributed by atoms with Crippen LogP contribution in [0.25, 0.3) is 0 Å². The molecule has 0 unspecified atom stereocenters. The first kappa shape index (κ1) is 21.1. The van der Waals surface area contributed by atoms with Crippen LogP contribution in [0, 0.1) is 0 Å². The summed E-state index contributed by atoms with van der Waals surface area (Å²) >= 11 is 12.1. The van der Waals surface area contributed by atoms with E-state index < -0.39 is 10.0 Å². The fourth-order valence-corrected chi connectivity index (χ4v) is 3.79. The van der Waals surface area contributed by atoms with Crippen molar-refractivity contribution in [3.8, 4) is 0 Å². The molecule has 0 aliphatic rings. The predicted octanol–water partition coefficient (Wildman–Crippen LogP) is 3.80. The number of benzene rings is 1. The van der Waals surface area contributed by atoms with Crippen LogP contribution in [0.1, 0.15) is 33.1 Å². The molecule has 0 N–H and O–H groups in total. The lowest BCUT2D eigenvalue weighted by Crippen LogP contribution is -2.37. The molecule has 0 bridgehead atoms. The average Bonchev–Trinajstić information content (AvgIpc) is 2.49. The smallest absolute Gasteiger partial charge is 0.232 e. The molecule has 0 spiro atoms. The standard InChI is InChI=1S/C16H24Cl2N2O3S/c1-4-10-19(11-5-2)15(21)9-12-20(24(3,22)23)14-8-6-7-13(17)16(14)18/h6-8H,4-5,9-12H2,1-3H3. The van der Waals surface area contributed by atoms with Crippen LogP contribution in [0.3, 0.4) is 0 Å². The zero-order valence-corrected chi connectivity index (χ0v) is 16.6. The van der Waals surface area contributed by atoms with Gasteiger partial charge in [-0.25, -0.2) is 8.42 Å². The molecule has 8 heteroatoms. The Kier molecular flexibility index (Phi) is 8.33. The van der Waals surface area contributed by atoms with Crippen LogP contribution in [0.5, 0.6) is 0 Å². The predicted molar refractivity (Wildman–Crippen MR) is 100 cm³/mol. The minimum atomic E-state index is -3.58. The third kappa shape index (κ3) is 5.83. The normalized spacial score (nSPS) is 11.4. The molecule has 0 aliphatic heterocycles. The van der Waals surface area contributed by atoms with E-state index in [1.54, 1.807) is 23.1 Å². The van der Waals surface area contributed by atoms with E-state index in [0.29, 0.717) is 13.1 Å². The molecule has 1 rings (SSSR count). The number of carbonyl (C=O) groups is 1. The van der Waals surface area contributed by atoms with Crippen molar-refractivity contribution in [3.63, 3.8) is 0 Å². The molecule has 5 nitrogen and oxygen atoms in total. The molecular weight excluding hydrogens is 371 g/mol. The number of rotatable bonds is 9. The van der Waals surface area contributed by atoms with E-state index in [2.05, 4.69) is 0 Å². The number of nitrogens with zero attached hydrogens (tertiary/aromatic N) is 2. The van der Waals surface area contributed by atoms with Gasteiger partial charge < -0.3 is 4.90 Å². The first-order valence-corrected chi connectivity index (χ1v) is 10.5. The van der Waals surface area contributed by atoms with Gasteiger partial charge in [-0.2, -0.15) is 0 Å². The lowest BCUT2D eigenvalue weighted by Gasteiger charge is -2.26. The molecule has 0 saturated heterocycles. The van der Waals surface area contributed by atoms with Crippen LogP contribution in [-0.2, 0) is 14.8 Å². The average molecular weight is 395 g/mol. The molecule has 1 aromatic carbocycles. The van der Waals surface area contributed by atoms with Crippen molar-refractivity contribution < 1.29 is 13.2 Å². The highest BCUT2D eigenvalue weighted by molar-refractivity contribution is 7.92. The number of hydrogen-bond acceptors (Lipinski definition) is 3. The first-order chi connectivity index (χ1) is 11.2. The number of anilines is 1. The molecule has 136 valence electrons. The van der Waals surface area contributed by atoms with Crippen molar-refractivity contribution in [2.24, 2.45) is 0 Å². The Balaban J connectivity index is 2.97. The summed E-state index contributed by atoms with van der Waals surface area (Å²) in [6, 6.07) is 4.79. The maximum absolute atomic E-state index is 12.4. The zero-order valence-electron chi connectivity index (χ0n) is 14.3. The van der Waals surface area contributed by atoms with Gasteiger partial charge in [0.15, 0.2) is 0 Å². The molecule has 0 radical (unpaired) electrons. The van der Waals surface area contributed by atoms with Gasteiger partial charge in [0.05, 0.1) is 22.0 Å². The number of carbonyl (C=O) groups excluding carboxylic acids is 1. The summed E-state index contributed by atoms with van der Waals surface area (Å²) in [5.74, 6) is -0.0644. The van der Waals surface area contributed by atoms with Gasteiger partial charge in [0.1, 0.15) is 0 Å². The number of halogens is 2. The molecule has 1 aromatic rings. The summed E-state index contributed by atoms with van der Waals surface area (Å²) in [6.45, 7) is 5.38. The Morgan fingerprint density at radius 2 is 1.67 bits per heavy atom. The van der Waals surface area contributed by atoms with E-state index >= 15 is 0 Å². The topological polar surface area (TPSA) is 57.7 Å². The second-order valence-electron chi connectivity index (χ2n) is 5.54. The minimum Gasteiger partial charge on any atom is -0.343 e. The SMILES string of the molecule is CCCN(CCC)C(=O)CCN(c1cccc(Cl)c1Cl)S(C)(=O)=O. The Morgan fingerprint density at radius 3 is 2.17 bits per heavy atom. The summed E-state index contributed by atoms with van der Waals surface area (Å²) in [5, 5.41) is 0.434. The molecule has 0 aromatic heterocycles. The van der Waals surface area contributed by atoms with Gasteiger partial charge >= 0.3 is 0 Å². The van der Waals surface area contributed by atoms with Gasteiger partial charge in [0.2, 0.25) is 15.9 Å². The van der Waals surface area contributed by atoms with Gasteiger partial charge in [-0.05, 0) is 25.0 Å². The third-order valence-electron chi connectivity index (χ3n) is 3.47.